The number of rotatable bonds is 20. The van der Waals surface area contributed by atoms with Crippen molar-refractivity contribution in [2.75, 3.05) is 0 Å². The number of unbranched alkanes of at least 4 members (excludes halogenated alkanes) is 15. The molecule has 0 heterocycles. The average Bonchev–Trinajstić information content (AvgIpc) is 2.70. The van der Waals surface area contributed by atoms with Crippen LogP contribution in [-0.4, -0.2) is 25.0 Å². The predicted molar refractivity (Wildman–Crippen MR) is 123 cm³/mol. The average molecular weight is 481 g/mol. The van der Waals surface area contributed by atoms with Crippen molar-refractivity contribution in [3.8, 4) is 11.8 Å². The minimum atomic E-state index is -4.87. The number of hydrogen-bond donors (Lipinski definition) is 1. The molecule has 0 radical (unpaired) electrons. The summed E-state index contributed by atoms with van der Waals surface area (Å²) in [6.45, 7) is 2.24. The van der Waals surface area contributed by atoms with E-state index in [1.54, 1.807) is 0 Å². The molecule has 1 atom stereocenters. The minimum absolute atomic E-state index is 0. The van der Waals surface area contributed by atoms with Gasteiger partial charge >= 0.3 is 40.0 Å². The van der Waals surface area contributed by atoms with Gasteiger partial charge in [-0.3, -0.25) is 4.55 Å². The van der Waals surface area contributed by atoms with Crippen LogP contribution in [0.1, 0.15) is 116 Å². The molecule has 32 heavy (non-hydrogen) atoms. The Kier molecular flexibility index (Phi) is 25.1. The van der Waals surface area contributed by atoms with Crippen molar-refractivity contribution >= 4 is 16.4 Å². The Balaban J connectivity index is 0. The molecule has 180 valence electrons. The number of carboxylic acids is 1. The van der Waals surface area contributed by atoms with E-state index in [1.165, 1.54) is 83.5 Å². The van der Waals surface area contributed by atoms with Crippen LogP contribution in [0.15, 0.2) is 12.2 Å². The van der Waals surface area contributed by atoms with Crippen molar-refractivity contribution in [2.45, 2.75) is 122 Å². The Morgan fingerprint density at radius 2 is 1.31 bits per heavy atom. The molecule has 1 N–H and O–H groups in total. The Bertz CT molecular complexity index is 637. The molecule has 6 nitrogen and oxygen atoms in total. The van der Waals surface area contributed by atoms with Crippen molar-refractivity contribution in [3.05, 3.63) is 12.2 Å². The van der Waals surface area contributed by atoms with E-state index in [4.69, 9.17) is 4.55 Å². The molecule has 0 rings (SSSR count). The summed E-state index contributed by atoms with van der Waals surface area (Å²) in [4.78, 5) is 10.7. The molecule has 0 aromatic rings. The van der Waals surface area contributed by atoms with E-state index in [1.807, 2.05) is 0 Å². The van der Waals surface area contributed by atoms with Gasteiger partial charge < -0.3 is 9.90 Å². The molecule has 0 saturated carbocycles. The van der Waals surface area contributed by atoms with Crippen molar-refractivity contribution in [1.29, 1.82) is 0 Å². The maximum atomic E-state index is 10.7. The molecule has 0 saturated heterocycles. The van der Waals surface area contributed by atoms with Gasteiger partial charge in [-0.2, -0.15) is 8.42 Å². The second-order valence-corrected chi connectivity index (χ2v) is 8.99. The molecule has 0 unspecified atom stereocenters. The van der Waals surface area contributed by atoms with Crippen LogP contribution in [-0.2, 0) is 19.4 Å². The topological polar surface area (TPSA) is 104 Å². The van der Waals surface area contributed by atoms with Crippen LogP contribution in [0.2, 0.25) is 0 Å². The molecule has 0 aliphatic rings. The first-order chi connectivity index (χ1) is 14.9. The molecule has 0 aromatic carbocycles. The summed E-state index contributed by atoms with van der Waals surface area (Å²) in [6.07, 6.45) is 22.8. The third kappa shape index (κ3) is 25.9. The van der Waals surface area contributed by atoms with Gasteiger partial charge in [0.05, 0.1) is 5.97 Å². The first-order valence-corrected chi connectivity index (χ1v) is 13.2. The number of allylic oxidation sites excluding steroid dienone is 2. The van der Waals surface area contributed by atoms with Crippen LogP contribution in [0.5, 0.6) is 0 Å². The molecule has 0 aliphatic heterocycles. The van der Waals surface area contributed by atoms with E-state index in [9.17, 15) is 18.3 Å². The van der Waals surface area contributed by atoms with Gasteiger partial charge in [-0.25, -0.2) is 4.18 Å². The van der Waals surface area contributed by atoms with Crippen molar-refractivity contribution < 1.29 is 56.6 Å². The normalized spacial score (nSPS) is 12.2. The number of carboxylic acid groups (broad SMARTS) is 1. The Hall–Kier alpha value is -0.360. The standard InChI is InChI=1S/C24H42O6S.Na/c1-2-3-4-5-6-7-8-9-10-11-12-13-14-15-16-17-18-19-20-21-22-23(24(25)26)30-31(27,28)29;/h7-8,23H,2-6,9-20H2,1H3,(H,25,26)(H,27,28,29);/q;+1/p-1/b8-7+;/t23-;/m1./s1. The molecule has 0 amide bonds. The molecule has 0 aliphatic carbocycles. The van der Waals surface area contributed by atoms with Crippen molar-refractivity contribution in [2.24, 2.45) is 0 Å². The van der Waals surface area contributed by atoms with Gasteiger partial charge in [0.25, 0.3) is 0 Å². The van der Waals surface area contributed by atoms with E-state index >= 15 is 0 Å². The van der Waals surface area contributed by atoms with Gasteiger partial charge in [0, 0.05) is 6.42 Å². The van der Waals surface area contributed by atoms with Crippen LogP contribution in [0.4, 0.5) is 0 Å². The zero-order chi connectivity index (χ0) is 23.2. The van der Waals surface area contributed by atoms with Gasteiger partial charge in [0.1, 0.15) is 0 Å². The number of carbonyl (C=O) groups excluding carboxylic acids is 1. The quantitative estimate of drug-likeness (QED) is 0.0941. The maximum absolute atomic E-state index is 10.7. The summed E-state index contributed by atoms with van der Waals surface area (Å²) in [6, 6.07) is 0. The molecular weight excluding hydrogens is 439 g/mol. The second-order valence-electron chi connectivity index (χ2n) is 7.94. The van der Waals surface area contributed by atoms with E-state index in [-0.39, 0.29) is 29.6 Å². The minimum Gasteiger partial charge on any atom is -0.546 e. The Morgan fingerprint density at radius 1 is 0.875 bits per heavy atom. The maximum Gasteiger partial charge on any atom is 1.00 e. The van der Waals surface area contributed by atoms with Gasteiger partial charge in [-0.1, -0.05) is 95.6 Å². The summed E-state index contributed by atoms with van der Waals surface area (Å²) >= 11 is 0. The largest absolute Gasteiger partial charge is 1.00 e. The summed E-state index contributed by atoms with van der Waals surface area (Å²) in [5.74, 6) is 2.93. The number of aliphatic carboxylic acids is 1. The first kappa shape index (κ1) is 33.8. The van der Waals surface area contributed by atoms with Gasteiger partial charge in [0.15, 0.2) is 6.10 Å². The summed E-state index contributed by atoms with van der Waals surface area (Å²) < 4.78 is 33.5. The third-order valence-corrected chi connectivity index (χ3v) is 5.41. The molecule has 0 fully saturated rings. The van der Waals surface area contributed by atoms with Crippen molar-refractivity contribution in [1.82, 2.24) is 0 Å². The molecular formula is C24H41NaO6S. The fourth-order valence-electron chi connectivity index (χ4n) is 3.22. The molecule has 0 bridgehead atoms. The van der Waals surface area contributed by atoms with E-state index in [2.05, 4.69) is 35.1 Å². The third-order valence-electron chi connectivity index (χ3n) is 4.98. The van der Waals surface area contributed by atoms with E-state index in [0.717, 1.165) is 19.3 Å². The number of carbonyl (C=O) groups is 1. The van der Waals surface area contributed by atoms with Gasteiger partial charge in [-0.15, -0.1) is 5.92 Å². The fraction of sp³-hybridized carbons (Fsp3) is 0.792. The predicted octanol–water partition coefficient (Wildman–Crippen LogP) is 2.14. The fourth-order valence-corrected chi connectivity index (χ4v) is 3.59. The van der Waals surface area contributed by atoms with E-state index < -0.39 is 22.5 Å². The van der Waals surface area contributed by atoms with Crippen LogP contribution in [0.3, 0.4) is 0 Å². The summed E-state index contributed by atoms with van der Waals surface area (Å²) in [5.41, 5.74) is 0. The molecule has 0 aromatic heterocycles. The smallest absolute Gasteiger partial charge is 0.546 e. The first-order valence-electron chi connectivity index (χ1n) is 11.9. The van der Waals surface area contributed by atoms with Crippen LogP contribution >= 0.6 is 0 Å². The zero-order valence-electron chi connectivity index (χ0n) is 20.1. The van der Waals surface area contributed by atoms with Gasteiger partial charge in [-0.05, 0) is 32.1 Å². The number of hydrogen-bond acceptors (Lipinski definition) is 5. The Labute approximate surface area is 218 Å². The molecule has 8 heteroatoms. The molecule has 0 spiro atoms. The van der Waals surface area contributed by atoms with E-state index in [0.29, 0.717) is 6.42 Å². The second kappa shape index (κ2) is 23.8. The summed E-state index contributed by atoms with van der Waals surface area (Å²) in [5, 5.41) is 10.7. The van der Waals surface area contributed by atoms with Gasteiger partial charge in [0.2, 0.25) is 0 Å². The monoisotopic (exact) mass is 480 g/mol. The van der Waals surface area contributed by atoms with Crippen molar-refractivity contribution in [3.63, 3.8) is 0 Å². The van der Waals surface area contributed by atoms with Crippen LogP contribution in [0, 0.1) is 11.8 Å². The van der Waals surface area contributed by atoms with Crippen LogP contribution < -0.4 is 34.7 Å². The summed E-state index contributed by atoms with van der Waals surface area (Å²) in [7, 11) is -4.87. The zero-order valence-corrected chi connectivity index (χ0v) is 23.0. The Morgan fingerprint density at radius 3 is 1.75 bits per heavy atom. The van der Waals surface area contributed by atoms with Crippen LogP contribution in [0.25, 0.3) is 0 Å². The SMILES string of the molecule is CCCCCC/C=C/CCCCCCCCCCCCC#C[C@@H](OS(=O)(=O)O)C(=O)[O-].[Na+].